The van der Waals surface area contributed by atoms with Gasteiger partial charge in [0, 0.05) is 39.3 Å². The van der Waals surface area contributed by atoms with Crippen LogP contribution < -0.4 is 4.74 Å². The lowest BCUT2D eigenvalue weighted by Crippen LogP contribution is -2.29. The van der Waals surface area contributed by atoms with Gasteiger partial charge < -0.3 is 29.6 Å². The van der Waals surface area contributed by atoms with Crippen LogP contribution in [0.1, 0.15) is 51.6 Å². The van der Waals surface area contributed by atoms with Crippen LogP contribution >= 0.6 is 0 Å². The highest BCUT2D eigenvalue weighted by molar-refractivity contribution is 6.03. The fourth-order valence-electron chi connectivity index (χ4n) is 3.74. The van der Waals surface area contributed by atoms with Crippen LogP contribution in [0.15, 0.2) is 30.3 Å². The van der Waals surface area contributed by atoms with Crippen LogP contribution in [0.4, 0.5) is 0 Å². The maximum Gasteiger partial charge on any atom is 0.258 e. The van der Waals surface area contributed by atoms with E-state index < -0.39 is 5.91 Å². The summed E-state index contributed by atoms with van der Waals surface area (Å²) in [5, 5.41) is 20.6. The number of likely N-dealkylation sites (N-methyl/N-ethyl adjacent to an activating group) is 1. The zero-order valence-corrected chi connectivity index (χ0v) is 19.8. The molecule has 2 aromatic carbocycles. The molecular formula is C25H33N3O5. The van der Waals surface area contributed by atoms with Crippen molar-refractivity contribution in [2.45, 2.75) is 32.9 Å². The molecule has 3 rings (SSSR count). The largest absolute Gasteiger partial charge is 0.507 e. The van der Waals surface area contributed by atoms with E-state index in [2.05, 4.69) is 0 Å². The van der Waals surface area contributed by atoms with Crippen LogP contribution in [0, 0.1) is 0 Å². The Kier molecular flexibility index (Phi) is 7.81. The summed E-state index contributed by atoms with van der Waals surface area (Å²) >= 11 is 0. The van der Waals surface area contributed by atoms with E-state index in [4.69, 9.17) is 4.74 Å². The van der Waals surface area contributed by atoms with E-state index in [0.29, 0.717) is 26.2 Å². The molecule has 0 bridgehead atoms. The third kappa shape index (κ3) is 5.76. The van der Waals surface area contributed by atoms with Gasteiger partial charge in [0.15, 0.2) is 0 Å². The van der Waals surface area contributed by atoms with Crippen LogP contribution in [0.3, 0.4) is 0 Å². The van der Waals surface area contributed by atoms with Crippen molar-refractivity contribution in [2.24, 2.45) is 0 Å². The van der Waals surface area contributed by atoms with Gasteiger partial charge in [-0.1, -0.05) is 19.4 Å². The Morgan fingerprint density at radius 3 is 2.36 bits per heavy atom. The third-order valence-electron chi connectivity index (χ3n) is 5.76. The van der Waals surface area contributed by atoms with Gasteiger partial charge in [0.1, 0.15) is 23.9 Å². The number of carbonyl (C=O) groups is 2. The molecule has 0 spiro atoms. The number of aromatic hydroxyl groups is 2. The minimum absolute atomic E-state index is 0.00282. The molecule has 0 aromatic heterocycles. The molecule has 33 heavy (non-hydrogen) atoms. The number of nitrogens with zero attached hydrogens (tertiary/aromatic N) is 3. The predicted molar refractivity (Wildman–Crippen MR) is 126 cm³/mol. The van der Waals surface area contributed by atoms with Crippen LogP contribution in [0.5, 0.6) is 17.2 Å². The van der Waals surface area contributed by atoms with Crippen molar-refractivity contribution >= 4 is 11.8 Å². The SMILES string of the molecule is CCCCN(C)C(=O)c1cc(C(=O)N2Cc3ccc(OCCN(C)C)cc3C2)c(O)cc1O. The maximum atomic E-state index is 13.2. The first-order valence-corrected chi connectivity index (χ1v) is 11.2. The van der Waals surface area contributed by atoms with Crippen LogP contribution in [0.2, 0.25) is 0 Å². The molecule has 0 saturated carbocycles. The highest BCUT2D eigenvalue weighted by atomic mass is 16.5. The molecule has 2 N–H and O–H groups in total. The lowest BCUT2D eigenvalue weighted by Gasteiger charge is -2.20. The summed E-state index contributed by atoms with van der Waals surface area (Å²) in [7, 11) is 5.62. The van der Waals surface area contributed by atoms with Gasteiger partial charge in [0.05, 0.1) is 11.1 Å². The second kappa shape index (κ2) is 10.6. The van der Waals surface area contributed by atoms with Crippen LogP contribution in [-0.2, 0) is 13.1 Å². The number of ether oxygens (including phenoxy) is 1. The van der Waals surface area contributed by atoms with Crippen LogP contribution in [0.25, 0.3) is 0 Å². The second-order valence-corrected chi connectivity index (χ2v) is 8.71. The summed E-state index contributed by atoms with van der Waals surface area (Å²) in [5.74, 6) is -0.737. The van der Waals surface area contributed by atoms with Gasteiger partial charge in [0.25, 0.3) is 11.8 Å². The third-order valence-corrected chi connectivity index (χ3v) is 5.76. The number of carbonyl (C=O) groups excluding carboxylic acids is 2. The van der Waals surface area contributed by atoms with E-state index >= 15 is 0 Å². The van der Waals surface area contributed by atoms with Gasteiger partial charge in [-0.25, -0.2) is 0 Å². The molecule has 1 heterocycles. The average Bonchev–Trinajstić information content (AvgIpc) is 3.20. The minimum Gasteiger partial charge on any atom is -0.507 e. The van der Waals surface area contributed by atoms with E-state index in [9.17, 15) is 19.8 Å². The van der Waals surface area contributed by atoms with Gasteiger partial charge in [-0.2, -0.15) is 0 Å². The molecule has 0 aliphatic carbocycles. The van der Waals surface area contributed by atoms with E-state index in [-0.39, 0.29) is 28.5 Å². The summed E-state index contributed by atoms with van der Waals surface area (Å²) in [6.07, 6.45) is 1.76. The van der Waals surface area contributed by atoms with Crippen molar-refractivity contribution in [3.05, 3.63) is 52.6 Å². The Hall–Kier alpha value is -3.26. The molecule has 0 saturated heterocycles. The standard InChI is InChI=1S/C25H33N3O5/c1-5-6-9-27(4)24(31)20-13-21(23(30)14-22(20)29)25(32)28-15-17-7-8-19(12-18(17)16-28)33-11-10-26(2)3/h7-8,12-14,29-30H,5-6,9-11,15-16H2,1-4H3. The molecule has 8 heteroatoms. The topological polar surface area (TPSA) is 93.6 Å². The summed E-state index contributed by atoms with van der Waals surface area (Å²) in [4.78, 5) is 31.1. The molecule has 1 aliphatic rings. The van der Waals surface area contributed by atoms with E-state index in [1.807, 2.05) is 44.1 Å². The Morgan fingerprint density at radius 1 is 0.970 bits per heavy atom. The van der Waals surface area contributed by atoms with Crippen molar-refractivity contribution in [1.29, 1.82) is 0 Å². The fourth-order valence-corrected chi connectivity index (χ4v) is 3.74. The molecule has 8 nitrogen and oxygen atoms in total. The molecule has 0 fully saturated rings. The lowest BCUT2D eigenvalue weighted by atomic mass is 10.1. The number of benzene rings is 2. The number of unbranched alkanes of at least 4 members (excludes halogenated alkanes) is 1. The number of hydrogen-bond acceptors (Lipinski definition) is 6. The Labute approximate surface area is 195 Å². The predicted octanol–water partition coefficient (Wildman–Crippen LogP) is 3.07. The minimum atomic E-state index is -0.399. The van der Waals surface area contributed by atoms with Gasteiger partial charge in [-0.05, 0) is 49.8 Å². The number of phenolic OH excluding ortho intramolecular Hbond substituents is 2. The Morgan fingerprint density at radius 2 is 1.67 bits per heavy atom. The van der Waals surface area contributed by atoms with Gasteiger partial charge in [0.2, 0.25) is 0 Å². The summed E-state index contributed by atoms with van der Waals surface area (Å²) in [6, 6.07) is 8.13. The number of rotatable bonds is 9. The number of hydrogen-bond donors (Lipinski definition) is 2. The number of amides is 2. The molecule has 0 atom stereocenters. The first-order chi connectivity index (χ1) is 15.7. The smallest absolute Gasteiger partial charge is 0.258 e. The normalized spacial score (nSPS) is 12.7. The Bertz CT molecular complexity index is 1020. The molecule has 0 unspecified atom stereocenters. The lowest BCUT2D eigenvalue weighted by molar-refractivity contribution is 0.0748. The monoisotopic (exact) mass is 455 g/mol. The summed E-state index contributed by atoms with van der Waals surface area (Å²) in [6.45, 7) is 4.71. The van der Waals surface area contributed by atoms with E-state index in [1.54, 1.807) is 11.9 Å². The quantitative estimate of drug-likeness (QED) is 0.604. The highest BCUT2D eigenvalue weighted by Gasteiger charge is 2.28. The van der Waals surface area contributed by atoms with Crippen molar-refractivity contribution in [3.63, 3.8) is 0 Å². The molecular weight excluding hydrogens is 422 g/mol. The number of phenols is 2. The first kappa shape index (κ1) is 24.4. The average molecular weight is 456 g/mol. The number of fused-ring (bicyclic) bond motifs is 1. The van der Waals surface area contributed by atoms with Gasteiger partial charge in [-0.3, -0.25) is 9.59 Å². The summed E-state index contributed by atoms with van der Waals surface area (Å²) < 4.78 is 5.79. The summed E-state index contributed by atoms with van der Waals surface area (Å²) in [5.41, 5.74) is 2.00. The first-order valence-electron chi connectivity index (χ1n) is 11.2. The molecule has 2 aromatic rings. The van der Waals surface area contributed by atoms with Gasteiger partial charge in [-0.15, -0.1) is 0 Å². The van der Waals surface area contributed by atoms with Crippen molar-refractivity contribution in [3.8, 4) is 17.2 Å². The molecule has 2 amide bonds. The maximum absolute atomic E-state index is 13.2. The Balaban J connectivity index is 1.75. The van der Waals surface area contributed by atoms with Crippen molar-refractivity contribution in [2.75, 3.05) is 40.8 Å². The fraction of sp³-hybridized carbons (Fsp3) is 0.440. The van der Waals surface area contributed by atoms with E-state index in [0.717, 1.165) is 42.3 Å². The second-order valence-electron chi connectivity index (χ2n) is 8.71. The van der Waals surface area contributed by atoms with Gasteiger partial charge >= 0.3 is 0 Å². The zero-order chi connectivity index (χ0) is 24.1. The molecule has 0 radical (unpaired) electrons. The van der Waals surface area contributed by atoms with Crippen molar-refractivity contribution in [1.82, 2.24) is 14.7 Å². The molecule has 178 valence electrons. The van der Waals surface area contributed by atoms with E-state index in [1.165, 1.54) is 11.0 Å². The zero-order valence-electron chi connectivity index (χ0n) is 19.8. The van der Waals surface area contributed by atoms with Crippen molar-refractivity contribution < 1.29 is 24.5 Å². The highest BCUT2D eigenvalue weighted by Crippen LogP contribution is 2.33. The van der Waals surface area contributed by atoms with Crippen LogP contribution in [-0.4, -0.2) is 77.6 Å². The molecule has 1 aliphatic heterocycles.